The lowest BCUT2D eigenvalue weighted by atomic mass is 9.93. The standard InChI is InChI=1S/C29H29N5O3/c1-18-13-14-23(19(2)15-18)33-28(35)25-20(3)32-29-30-17-31-34(29)26(25)22-11-8-12-24(36-4)27(22)37-16-21-9-6-5-7-10-21/h5-15,17,26H,16H2,1-4H3,(H,33,35)(H,30,31,32)/t26-/m0/s1. The van der Waals surface area contributed by atoms with Crippen LogP contribution in [0.1, 0.15) is 35.2 Å². The predicted octanol–water partition coefficient (Wildman–Crippen LogP) is 5.41. The molecule has 37 heavy (non-hydrogen) atoms. The lowest BCUT2D eigenvalue weighted by Crippen LogP contribution is -2.32. The number of allylic oxidation sites excluding steroid dienone is 1. The van der Waals surface area contributed by atoms with Crippen molar-refractivity contribution in [2.24, 2.45) is 0 Å². The highest BCUT2D eigenvalue weighted by atomic mass is 16.5. The molecule has 2 N–H and O–H groups in total. The van der Waals surface area contributed by atoms with Crippen molar-refractivity contribution < 1.29 is 14.3 Å². The number of para-hydroxylation sites is 1. The Morgan fingerprint density at radius 1 is 1.05 bits per heavy atom. The molecule has 1 atom stereocenters. The van der Waals surface area contributed by atoms with Gasteiger partial charge in [-0.3, -0.25) is 4.79 Å². The fourth-order valence-electron chi connectivity index (χ4n) is 4.61. The van der Waals surface area contributed by atoms with Gasteiger partial charge in [0.1, 0.15) is 19.0 Å². The first-order valence-corrected chi connectivity index (χ1v) is 12.1. The summed E-state index contributed by atoms with van der Waals surface area (Å²) in [5.74, 6) is 1.43. The zero-order valence-electron chi connectivity index (χ0n) is 21.3. The molecular weight excluding hydrogens is 466 g/mol. The minimum absolute atomic E-state index is 0.236. The van der Waals surface area contributed by atoms with Crippen molar-refractivity contribution in [2.45, 2.75) is 33.4 Å². The highest BCUT2D eigenvalue weighted by molar-refractivity contribution is 6.06. The number of ether oxygens (including phenoxy) is 2. The van der Waals surface area contributed by atoms with Gasteiger partial charge in [-0.2, -0.15) is 10.1 Å². The average molecular weight is 496 g/mol. The van der Waals surface area contributed by atoms with Crippen molar-refractivity contribution >= 4 is 17.5 Å². The normalized spacial score (nSPS) is 14.5. The maximum absolute atomic E-state index is 13.8. The van der Waals surface area contributed by atoms with Crippen LogP contribution in [0.4, 0.5) is 11.6 Å². The molecule has 0 unspecified atom stereocenters. The molecule has 0 spiro atoms. The molecule has 1 amide bonds. The van der Waals surface area contributed by atoms with E-state index in [1.54, 1.807) is 11.8 Å². The lowest BCUT2D eigenvalue weighted by Gasteiger charge is -2.30. The maximum Gasteiger partial charge on any atom is 0.255 e. The van der Waals surface area contributed by atoms with Gasteiger partial charge in [-0.25, -0.2) is 4.68 Å². The molecule has 8 nitrogen and oxygen atoms in total. The Labute approximate surface area is 216 Å². The number of benzene rings is 3. The monoisotopic (exact) mass is 495 g/mol. The van der Waals surface area contributed by atoms with Gasteiger partial charge < -0.3 is 20.1 Å². The second-order valence-corrected chi connectivity index (χ2v) is 9.02. The first-order chi connectivity index (χ1) is 18.0. The number of carbonyl (C=O) groups is 1. The van der Waals surface area contributed by atoms with Crippen LogP contribution in [0.15, 0.2) is 84.3 Å². The summed E-state index contributed by atoms with van der Waals surface area (Å²) in [7, 11) is 1.60. The van der Waals surface area contributed by atoms with Crippen LogP contribution in [0.5, 0.6) is 11.5 Å². The third kappa shape index (κ3) is 4.78. The minimum atomic E-state index is -0.592. The molecule has 1 aliphatic heterocycles. The molecule has 2 heterocycles. The molecule has 0 bridgehead atoms. The molecule has 188 valence electrons. The number of aryl methyl sites for hydroxylation is 2. The van der Waals surface area contributed by atoms with Crippen LogP contribution < -0.4 is 20.1 Å². The van der Waals surface area contributed by atoms with Gasteiger partial charge >= 0.3 is 0 Å². The molecule has 0 aliphatic carbocycles. The first-order valence-electron chi connectivity index (χ1n) is 12.1. The van der Waals surface area contributed by atoms with E-state index in [1.165, 1.54) is 6.33 Å². The van der Waals surface area contributed by atoms with Crippen molar-refractivity contribution in [2.75, 3.05) is 17.7 Å². The van der Waals surface area contributed by atoms with Gasteiger partial charge in [0.25, 0.3) is 5.91 Å². The lowest BCUT2D eigenvalue weighted by molar-refractivity contribution is -0.113. The summed E-state index contributed by atoms with van der Waals surface area (Å²) in [6.45, 7) is 6.22. The van der Waals surface area contributed by atoms with E-state index < -0.39 is 6.04 Å². The second-order valence-electron chi connectivity index (χ2n) is 9.02. The summed E-state index contributed by atoms with van der Waals surface area (Å²) in [6.07, 6.45) is 1.47. The van der Waals surface area contributed by atoms with E-state index in [9.17, 15) is 4.79 Å². The zero-order chi connectivity index (χ0) is 25.9. The molecule has 0 fully saturated rings. The highest BCUT2D eigenvalue weighted by Crippen LogP contribution is 2.43. The third-order valence-electron chi connectivity index (χ3n) is 6.42. The summed E-state index contributed by atoms with van der Waals surface area (Å²) in [5.41, 5.74) is 5.83. The number of aromatic nitrogens is 3. The Morgan fingerprint density at radius 2 is 1.86 bits per heavy atom. The number of fused-ring (bicyclic) bond motifs is 1. The molecular formula is C29H29N5O3. The molecule has 5 rings (SSSR count). The summed E-state index contributed by atoms with van der Waals surface area (Å²) < 4.78 is 13.7. The molecule has 1 aliphatic rings. The summed E-state index contributed by atoms with van der Waals surface area (Å²) in [6, 6.07) is 20.9. The van der Waals surface area contributed by atoms with Crippen LogP contribution in [-0.2, 0) is 11.4 Å². The van der Waals surface area contributed by atoms with E-state index >= 15 is 0 Å². The molecule has 1 aromatic heterocycles. The van der Waals surface area contributed by atoms with Gasteiger partial charge in [0.15, 0.2) is 11.5 Å². The number of hydrogen-bond donors (Lipinski definition) is 2. The molecule has 0 saturated heterocycles. The Morgan fingerprint density at radius 3 is 2.62 bits per heavy atom. The first kappa shape index (κ1) is 24.1. The van der Waals surface area contributed by atoms with Gasteiger partial charge in [-0.1, -0.05) is 60.2 Å². The molecule has 8 heteroatoms. The van der Waals surface area contributed by atoms with Crippen molar-refractivity contribution in [1.82, 2.24) is 14.8 Å². The van der Waals surface area contributed by atoms with E-state index in [2.05, 4.69) is 20.7 Å². The number of amides is 1. The van der Waals surface area contributed by atoms with Gasteiger partial charge in [0.2, 0.25) is 5.95 Å². The molecule has 3 aromatic carbocycles. The van der Waals surface area contributed by atoms with Crippen molar-refractivity contribution in [3.05, 3.63) is 107 Å². The van der Waals surface area contributed by atoms with Crippen LogP contribution >= 0.6 is 0 Å². The van der Waals surface area contributed by atoms with Crippen molar-refractivity contribution in [3.63, 3.8) is 0 Å². The van der Waals surface area contributed by atoms with Crippen LogP contribution in [0.25, 0.3) is 0 Å². The van der Waals surface area contributed by atoms with Crippen LogP contribution in [0.3, 0.4) is 0 Å². The van der Waals surface area contributed by atoms with Crippen molar-refractivity contribution in [3.8, 4) is 11.5 Å². The number of hydrogen-bond acceptors (Lipinski definition) is 6. The quantitative estimate of drug-likeness (QED) is 0.356. The Hall–Kier alpha value is -4.59. The van der Waals surface area contributed by atoms with Gasteiger partial charge in [0, 0.05) is 16.9 Å². The summed E-state index contributed by atoms with van der Waals surface area (Å²) in [5, 5.41) is 10.8. The minimum Gasteiger partial charge on any atom is -0.493 e. The van der Waals surface area contributed by atoms with E-state index in [-0.39, 0.29) is 5.91 Å². The molecule has 0 saturated carbocycles. The highest BCUT2D eigenvalue weighted by Gasteiger charge is 2.36. The third-order valence-corrected chi connectivity index (χ3v) is 6.42. The number of anilines is 2. The predicted molar refractivity (Wildman–Crippen MR) is 143 cm³/mol. The number of carbonyl (C=O) groups excluding carboxylic acids is 1. The molecule has 4 aromatic rings. The van der Waals surface area contributed by atoms with Gasteiger partial charge in [0.05, 0.1) is 12.7 Å². The average Bonchev–Trinajstić information content (AvgIpc) is 3.36. The number of rotatable bonds is 7. The number of nitrogens with zero attached hydrogens (tertiary/aromatic N) is 3. The smallest absolute Gasteiger partial charge is 0.255 e. The van der Waals surface area contributed by atoms with Crippen molar-refractivity contribution in [1.29, 1.82) is 0 Å². The van der Waals surface area contributed by atoms with Crippen LogP contribution in [0.2, 0.25) is 0 Å². The number of nitrogens with one attached hydrogen (secondary N) is 2. The van der Waals surface area contributed by atoms with Gasteiger partial charge in [-0.05, 0) is 44.0 Å². The Bertz CT molecular complexity index is 1480. The molecule has 0 radical (unpaired) electrons. The van der Waals surface area contributed by atoms with Crippen LogP contribution in [0, 0.1) is 13.8 Å². The fourth-order valence-corrected chi connectivity index (χ4v) is 4.61. The van der Waals surface area contributed by atoms with E-state index in [4.69, 9.17) is 9.47 Å². The van der Waals surface area contributed by atoms with E-state index in [0.717, 1.165) is 27.9 Å². The second kappa shape index (κ2) is 10.2. The largest absolute Gasteiger partial charge is 0.493 e. The van der Waals surface area contributed by atoms with Crippen LogP contribution in [-0.4, -0.2) is 27.8 Å². The topological polar surface area (TPSA) is 90.3 Å². The fraction of sp³-hybridized carbons (Fsp3) is 0.207. The maximum atomic E-state index is 13.8. The van der Waals surface area contributed by atoms with Gasteiger partial charge in [-0.15, -0.1) is 0 Å². The number of methoxy groups -OCH3 is 1. The summed E-state index contributed by atoms with van der Waals surface area (Å²) >= 11 is 0. The SMILES string of the molecule is COc1cccc([C@H]2C(C(=O)Nc3ccc(C)cc3C)=C(C)Nc3ncnn32)c1OCc1ccccc1. The summed E-state index contributed by atoms with van der Waals surface area (Å²) in [4.78, 5) is 18.2. The van der Waals surface area contributed by atoms with E-state index in [1.807, 2.05) is 87.5 Å². The Kier molecular flexibility index (Phi) is 6.64. The van der Waals surface area contributed by atoms with E-state index in [0.29, 0.717) is 35.3 Å². The zero-order valence-corrected chi connectivity index (χ0v) is 21.3. The Balaban J connectivity index is 1.58.